The lowest BCUT2D eigenvalue weighted by molar-refractivity contribution is -0.139. The van der Waals surface area contributed by atoms with E-state index >= 15 is 0 Å². The summed E-state index contributed by atoms with van der Waals surface area (Å²) < 4.78 is 22.7. The molecule has 0 unspecified atom stereocenters. The number of hydrogen-bond acceptors (Lipinski definition) is 7. The molecule has 0 amide bonds. The van der Waals surface area contributed by atoms with E-state index in [2.05, 4.69) is 61.1 Å². The topological polar surface area (TPSA) is 79.1 Å². The van der Waals surface area contributed by atoms with Crippen molar-refractivity contribution < 1.29 is 19.0 Å². The van der Waals surface area contributed by atoms with Gasteiger partial charge < -0.3 is 14.2 Å². The van der Waals surface area contributed by atoms with Crippen LogP contribution in [0.2, 0.25) is 0 Å². The molecule has 0 saturated carbocycles. The minimum absolute atomic E-state index is 0.102. The van der Waals surface area contributed by atoms with Gasteiger partial charge in [0.05, 0.1) is 35.7 Å². The predicted octanol–water partition coefficient (Wildman–Crippen LogP) is 7.14. The highest BCUT2D eigenvalue weighted by molar-refractivity contribution is 14.1. The van der Waals surface area contributed by atoms with Crippen LogP contribution in [0.4, 0.5) is 0 Å². The number of allylic oxidation sites excluding steroid dienone is 1. The smallest absolute Gasteiger partial charge is 0.338 e. The van der Waals surface area contributed by atoms with Crippen molar-refractivity contribution in [2.45, 2.75) is 46.4 Å². The van der Waals surface area contributed by atoms with E-state index in [-0.39, 0.29) is 18.3 Å². The monoisotopic (exact) mass is 898 g/mol. The Hall–Kier alpha value is -2.49. The molecule has 1 aliphatic rings. The SMILES string of the molecule is CCOC(=O)C1=C(C)N=c2s/c(=C/c3cc(I)c(OCc4ccc(Br)cc4)c(I)c3)c(=O)n2[C@H]1c1ccccc1OC(C)C. The van der Waals surface area contributed by atoms with Gasteiger partial charge in [-0.25, -0.2) is 9.79 Å². The van der Waals surface area contributed by atoms with Gasteiger partial charge in [0.2, 0.25) is 0 Å². The number of thiazole rings is 1. The molecule has 1 aromatic heterocycles. The lowest BCUT2D eigenvalue weighted by Gasteiger charge is -2.26. The van der Waals surface area contributed by atoms with E-state index in [1.54, 1.807) is 18.4 Å². The third-order valence-corrected chi connectivity index (χ3v) is 9.82. The second-order valence-corrected chi connectivity index (χ2v) is 14.5. The van der Waals surface area contributed by atoms with Gasteiger partial charge in [-0.3, -0.25) is 9.36 Å². The van der Waals surface area contributed by atoms with Gasteiger partial charge in [0.1, 0.15) is 24.1 Å². The van der Waals surface area contributed by atoms with Crippen LogP contribution in [0.5, 0.6) is 11.5 Å². The molecule has 5 rings (SSSR count). The quantitative estimate of drug-likeness (QED) is 0.132. The fourth-order valence-electron chi connectivity index (χ4n) is 4.84. The van der Waals surface area contributed by atoms with E-state index in [0.717, 1.165) is 28.5 Å². The molecular formula is C33H29BrI2N2O5S. The normalized spacial score (nSPS) is 14.8. The second kappa shape index (κ2) is 14.3. The van der Waals surface area contributed by atoms with Crippen molar-refractivity contribution in [1.82, 2.24) is 4.57 Å². The van der Waals surface area contributed by atoms with Crippen molar-refractivity contribution in [2.24, 2.45) is 4.99 Å². The first-order valence-electron chi connectivity index (χ1n) is 13.9. The Morgan fingerprint density at radius 2 is 1.80 bits per heavy atom. The maximum Gasteiger partial charge on any atom is 0.338 e. The Balaban J connectivity index is 1.58. The Morgan fingerprint density at radius 3 is 2.45 bits per heavy atom. The lowest BCUT2D eigenvalue weighted by Crippen LogP contribution is -2.40. The molecule has 0 fully saturated rings. The van der Waals surface area contributed by atoms with Crippen LogP contribution in [-0.2, 0) is 16.1 Å². The standard InChI is InChI=1S/C33H29BrI2N2O5S/c1-5-41-32(40)28-19(4)37-33-38(29(28)23-8-6-7-9-26(23)43-18(2)3)31(39)27(44-33)16-21-14-24(35)30(25(36)15-21)42-17-20-10-12-22(34)13-11-20/h6-16,18,29H,5,17H2,1-4H3/b27-16+/t29-/m0/s1. The largest absolute Gasteiger partial charge is 0.491 e. The Bertz CT molecular complexity index is 1910. The molecule has 0 spiro atoms. The number of rotatable bonds is 9. The zero-order valence-electron chi connectivity index (χ0n) is 24.4. The molecule has 0 saturated heterocycles. The predicted molar refractivity (Wildman–Crippen MR) is 193 cm³/mol. The van der Waals surface area contributed by atoms with E-state index in [1.165, 1.54) is 11.3 Å². The first-order valence-corrected chi connectivity index (χ1v) is 17.7. The number of para-hydroxylation sites is 1. The first-order chi connectivity index (χ1) is 21.1. The Kier molecular flexibility index (Phi) is 10.7. The van der Waals surface area contributed by atoms with E-state index in [9.17, 15) is 9.59 Å². The van der Waals surface area contributed by atoms with Gasteiger partial charge in [-0.05, 0) is 120 Å². The number of nitrogens with zero attached hydrogens (tertiary/aromatic N) is 2. The minimum Gasteiger partial charge on any atom is -0.491 e. The molecule has 7 nitrogen and oxygen atoms in total. The molecule has 44 heavy (non-hydrogen) atoms. The van der Waals surface area contributed by atoms with Gasteiger partial charge in [0.25, 0.3) is 5.56 Å². The summed E-state index contributed by atoms with van der Waals surface area (Å²) in [5.41, 5.74) is 3.22. The Labute approximate surface area is 295 Å². The summed E-state index contributed by atoms with van der Waals surface area (Å²) in [5.74, 6) is 0.890. The van der Waals surface area contributed by atoms with Crippen LogP contribution in [-0.4, -0.2) is 23.2 Å². The zero-order chi connectivity index (χ0) is 31.5. The summed E-state index contributed by atoms with van der Waals surface area (Å²) in [6, 6.07) is 18.8. The fraction of sp³-hybridized carbons (Fsp3) is 0.242. The molecule has 11 heteroatoms. The zero-order valence-corrected chi connectivity index (χ0v) is 31.1. The van der Waals surface area contributed by atoms with Crippen molar-refractivity contribution in [2.75, 3.05) is 6.61 Å². The first kappa shape index (κ1) is 32.9. The average molecular weight is 899 g/mol. The summed E-state index contributed by atoms with van der Waals surface area (Å²) in [5, 5.41) is 0. The number of aromatic nitrogens is 1. The van der Waals surface area contributed by atoms with Crippen LogP contribution < -0.4 is 24.4 Å². The third-order valence-electron chi connectivity index (χ3n) is 6.71. The lowest BCUT2D eigenvalue weighted by atomic mass is 9.95. The summed E-state index contributed by atoms with van der Waals surface area (Å²) >= 11 is 9.28. The molecule has 0 N–H and O–H groups in total. The van der Waals surface area contributed by atoms with Gasteiger partial charge in [-0.15, -0.1) is 0 Å². The minimum atomic E-state index is -0.753. The van der Waals surface area contributed by atoms with Crippen molar-refractivity contribution >= 4 is 84.5 Å². The highest BCUT2D eigenvalue weighted by Gasteiger charge is 2.35. The van der Waals surface area contributed by atoms with Gasteiger partial charge in [-0.1, -0.05) is 57.6 Å². The van der Waals surface area contributed by atoms with Crippen LogP contribution in [0.25, 0.3) is 6.08 Å². The van der Waals surface area contributed by atoms with E-state index < -0.39 is 12.0 Å². The summed E-state index contributed by atoms with van der Waals surface area (Å²) in [4.78, 5) is 32.6. The molecule has 0 radical (unpaired) electrons. The number of ether oxygens (including phenoxy) is 3. The fourth-order valence-corrected chi connectivity index (χ4v) is 8.28. The molecule has 0 bridgehead atoms. The van der Waals surface area contributed by atoms with Gasteiger partial charge >= 0.3 is 5.97 Å². The van der Waals surface area contributed by atoms with E-state index in [0.29, 0.717) is 38.5 Å². The summed E-state index contributed by atoms with van der Waals surface area (Å²) in [7, 11) is 0. The molecule has 0 aliphatic carbocycles. The molecular weight excluding hydrogens is 870 g/mol. The van der Waals surface area contributed by atoms with Crippen molar-refractivity contribution in [3.63, 3.8) is 0 Å². The molecule has 1 aliphatic heterocycles. The maximum atomic E-state index is 14.1. The number of benzene rings is 3. The molecule has 1 atom stereocenters. The number of carbonyl (C=O) groups excluding carboxylic acids is 1. The van der Waals surface area contributed by atoms with Crippen molar-refractivity contribution in [1.29, 1.82) is 0 Å². The molecule has 4 aromatic rings. The summed E-state index contributed by atoms with van der Waals surface area (Å²) in [6.45, 7) is 8.07. The molecule has 3 aromatic carbocycles. The van der Waals surface area contributed by atoms with Gasteiger partial charge in [0.15, 0.2) is 4.80 Å². The number of fused-ring (bicyclic) bond motifs is 1. The average Bonchev–Trinajstić information content (AvgIpc) is 3.26. The van der Waals surface area contributed by atoms with Gasteiger partial charge in [0, 0.05) is 10.0 Å². The maximum absolute atomic E-state index is 14.1. The third kappa shape index (κ3) is 7.15. The van der Waals surface area contributed by atoms with Crippen LogP contribution in [0.1, 0.15) is 50.4 Å². The second-order valence-electron chi connectivity index (χ2n) is 10.2. The van der Waals surface area contributed by atoms with Crippen LogP contribution in [0.3, 0.4) is 0 Å². The number of carbonyl (C=O) groups is 1. The van der Waals surface area contributed by atoms with E-state index in [4.69, 9.17) is 19.2 Å². The van der Waals surface area contributed by atoms with Gasteiger partial charge in [-0.2, -0.15) is 0 Å². The highest BCUT2D eigenvalue weighted by Crippen LogP contribution is 2.36. The Morgan fingerprint density at radius 1 is 1.11 bits per heavy atom. The number of esters is 1. The van der Waals surface area contributed by atoms with Crippen molar-refractivity contribution in [3.8, 4) is 11.5 Å². The number of hydrogen-bond donors (Lipinski definition) is 0. The molecule has 2 heterocycles. The highest BCUT2D eigenvalue weighted by atomic mass is 127. The number of halogens is 3. The van der Waals surface area contributed by atoms with Crippen molar-refractivity contribution in [3.05, 3.63) is 120 Å². The van der Waals surface area contributed by atoms with Crippen LogP contribution in [0, 0.1) is 7.14 Å². The van der Waals surface area contributed by atoms with E-state index in [1.807, 2.05) is 80.6 Å². The van der Waals surface area contributed by atoms with Crippen LogP contribution >= 0.6 is 72.4 Å². The summed E-state index contributed by atoms with van der Waals surface area (Å²) in [6.07, 6.45) is 1.76. The van der Waals surface area contributed by atoms with Crippen LogP contribution in [0.15, 0.2) is 86.2 Å². The molecule has 228 valence electrons.